The van der Waals surface area contributed by atoms with E-state index in [4.69, 9.17) is 10.8 Å². The quantitative estimate of drug-likeness (QED) is 0.829. The number of carbonyl (C=O) groups is 2. The summed E-state index contributed by atoms with van der Waals surface area (Å²) in [5, 5.41) is 8.93. The lowest BCUT2D eigenvalue weighted by Crippen LogP contribution is -2.48. The van der Waals surface area contributed by atoms with Crippen LogP contribution in [0.2, 0.25) is 0 Å². The lowest BCUT2D eigenvalue weighted by Gasteiger charge is -2.30. The predicted molar refractivity (Wildman–Crippen MR) is 69.4 cm³/mol. The second-order valence-electron chi connectivity index (χ2n) is 6.63. The number of nitrogens with two attached hydrogens (primary N) is 1. The Morgan fingerprint density at radius 2 is 1.86 bits per heavy atom. The van der Waals surface area contributed by atoms with Crippen LogP contribution in [0.5, 0.6) is 0 Å². The molecule has 1 heterocycles. The summed E-state index contributed by atoms with van der Waals surface area (Å²) in [5.41, 5.74) is 2.62. The summed E-state index contributed by atoms with van der Waals surface area (Å²) in [6, 6.07) is -0.504. The van der Waals surface area contributed by atoms with Crippen molar-refractivity contribution in [2.45, 2.75) is 45.8 Å². The fourth-order valence-corrected chi connectivity index (χ4v) is 2.17. The van der Waals surface area contributed by atoms with E-state index in [-0.39, 0.29) is 18.4 Å². The molecule has 0 spiro atoms. The fourth-order valence-electron chi connectivity index (χ4n) is 2.17. The van der Waals surface area contributed by atoms with Crippen molar-refractivity contribution < 1.29 is 27.9 Å². The van der Waals surface area contributed by atoms with E-state index in [1.165, 1.54) is 0 Å². The van der Waals surface area contributed by atoms with E-state index in [9.17, 15) is 22.8 Å². The maximum atomic E-state index is 13.0. The number of carboxylic acid groups (broad SMARTS) is 1. The molecule has 1 fully saturated rings. The molecule has 1 saturated heterocycles. The van der Waals surface area contributed by atoms with Crippen molar-refractivity contribution in [2.24, 2.45) is 16.6 Å². The average molecular weight is 310 g/mol. The maximum absolute atomic E-state index is 13.0. The molecule has 0 aliphatic carbocycles. The van der Waals surface area contributed by atoms with E-state index in [0.717, 1.165) is 4.90 Å². The third-order valence-electron chi connectivity index (χ3n) is 4.08. The Labute approximate surface area is 121 Å². The molecule has 1 rings (SSSR count). The largest absolute Gasteiger partial charge is 0.481 e. The van der Waals surface area contributed by atoms with Crippen LogP contribution in [0.1, 0.15) is 33.6 Å². The van der Waals surface area contributed by atoms with Crippen molar-refractivity contribution in [3.8, 4) is 0 Å². The van der Waals surface area contributed by atoms with Gasteiger partial charge in [0, 0.05) is 25.6 Å². The molecule has 0 aromatic rings. The summed E-state index contributed by atoms with van der Waals surface area (Å²) in [4.78, 5) is 24.0. The lowest BCUT2D eigenvalue weighted by molar-refractivity contribution is -0.227. The highest BCUT2D eigenvalue weighted by molar-refractivity contribution is 5.81. The molecule has 0 radical (unpaired) electrons. The molecular weight excluding hydrogens is 289 g/mol. The van der Waals surface area contributed by atoms with Crippen LogP contribution in [0.3, 0.4) is 0 Å². The first-order chi connectivity index (χ1) is 9.31. The summed E-state index contributed by atoms with van der Waals surface area (Å²) in [7, 11) is 0. The summed E-state index contributed by atoms with van der Waals surface area (Å²) in [6.45, 7) is 4.41. The maximum Gasteiger partial charge on any atom is 0.406 e. The van der Waals surface area contributed by atoms with Crippen molar-refractivity contribution in [3.63, 3.8) is 0 Å². The van der Waals surface area contributed by atoms with Gasteiger partial charge in [0.25, 0.3) is 0 Å². The molecule has 0 saturated carbocycles. The number of carboxylic acids is 1. The third-order valence-corrected chi connectivity index (χ3v) is 4.08. The van der Waals surface area contributed by atoms with Gasteiger partial charge in [-0.15, -0.1) is 0 Å². The highest BCUT2D eigenvalue weighted by atomic mass is 19.4. The van der Waals surface area contributed by atoms with Crippen LogP contribution >= 0.6 is 0 Å². The van der Waals surface area contributed by atoms with Crippen molar-refractivity contribution in [1.29, 1.82) is 0 Å². The predicted octanol–water partition coefficient (Wildman–Crippen LogP) is 1.62. The summed E-state index contributed by atoms with van der Waals surface area (Å²) >= 11 is 0. The van der Waals surface area contributed by atoms with Gasteiger partial charge in [-0.05, 0) is 11.8 Å². The molecule has 2 unspecified atom stereocenters. The Morgan fingerprint density at radius 3 is 2.19 bits per heavy atom. The highest BCUT2D eigenvalue weighted by Gasteiger charge is 2.64. The van der Waals surface area contributed by atoms with E-state index in [1.807, 2.05) is 20.8 Å². The van der Waals surface area contributed by atoms with Crippen molar-refractivity contribution >= 4 is 11.9 Å². The smallest absolute Gasteiger partial charge is 0.406 e. The minimum Gasteiger partial charge on any atom is -0.481 e. The number of alkyl halides is 3. The van der Waals surface area contributed by atoms with Gasteiger partial charge < -0.3 is 15.7 Å². The molecule has 1 aliphatic rings. The second-order valence-corrected chi connectivity index (χ2v) is 6.63. The summed E-state index contributed by atoms with van der Waals surface area (Å²) < 4.78 is 39.0. The first kappa shape index (κ1) is 17.7. The van der Waals surface area contributed by atoms with E-state index in [0.29, 0.717) is 0 Å². The van der Waals surface area contributed by atoms with Gasteiger partial charge in [0.05, 0.1) is 0 Å². The average Bonchev–Trinajstić information content (AvgIpc) is 2.72. The third kappa shape index (κ3) is 3.48. The van der Waals surface area contributed by atoms with E-state index in [2.05, 4.69) is 0 Å². The number of hydrogen-bond donors (Lipinski definition) is 2. The van der Waals surface area contributed by atoms with Crippen molar-refractivity contribution in [2.75, 3.05) is 13.1 Å². The summed E-state index contributed by atoms with van der Waals surface area (Å²) in [5.74, 6) is -2.48. The Bertz CT molecular complexity index is 431. The molecule has 0 aromatic carbocycles. The second kappa shape index (κ2) is 5.47. The van der Waals surface area contributed by atoms with Gasteiger partial charge in [0.15, 0.2) is 5.41 Å². The summed E-state index contributed by atoms with van der Waals surface area (Å²) in [6.07, 6.45) is -5.61. The molecular formula is C13H21F3N2O3. The topological polar surface area (TPSA) is 83.6 Å². The number of amides is 1. The van der Waals surface area contributed by atoms with Crippen LogP contribution in [0.4, 0.5) is 13.2 Å². The first-order valence-electron chi connectivity index (χ1n) is 6.65. The first-order valence-corrected chi connectivity index (χ1v) is 6.65. The number of likely N-dealkylation sites (tertiary alicyclic amines) is 1. The standard InChI is InChI=1S/C13H21F3N2O3/c1-11(2,3)8(17)6-9(19)18-5-4-12(7-18,10(20)21)13(14,15)16/h8H,4-7,17H2,1-3H3,(H,20,21). The van der Waals surface area contributed by atoms with Crippen LogP contribution in [0, 0.1) is 10.8 Å². The molecule has 1 amide bonds. The molecule has 2 atom stereocenters. The number of aliphatic carboxylic acids is 1. The normalized spacial score (nSPS) is 25.0. The SMILES string of the molecule is CC(C)(C)C(N)CC(=O)N1CCC(C(=O)O)(C(F)(F)F)C1. The highest BCUT2D eigenvalue weighted by Crippen LogP contribution is 2.45. The van der Waals surface area contributed by atoms with Crippen LogP contribution in [0.15, 0.2) is 0 Å². The minimum atomic E-state index is -4.89. The molecule has 122 valence electrons. The molecule has 3 N–H and O–H groups in total. The van der Waals surface area contributed by atoms with E-state index >= 15 is 0 Å². The lowest BCUT2D eigenvalue weighted by atomic mass is 9.85. The van der Waals surface area contributed by atoms with Gasteiger partial charge in [-0.3, -0.25) is 9.59 Å². The Morgan fingerprint density at radius 1 is 1.33 bits per heavy atom. The van der Waals surface area contributed by atoms with Crippen molar-refractivity contribution in [1.82, 2.24) is 4.90 Å². The monoisotopic (exact) mass is 310 g/mol. The molecule has 5 nitrogen and oxygen atoms in total. The van der Waals surface area contributed by atoms with Crippen LogP contribution in [-0.4, -0.2) is 47.2 Å². The van der Waals surface area contributed by atoms with Gasteiger partial charge in [-0.1, -0.05) is 20.8 Å². The molecule has 0 bridgehead atoms. The molecule has 8 heteroatoms. The van der Waals surface area contributed by atoms with Gasteiger partial charge in [0.2, 0.25) is 5.91 Å². The minimum absolute atomic E-state index is 0.100. The van der Waals surface area contributed by atoms with E-state index < -0.39 is 42.5 Å². The Kier molecular flexibility index (Phi) is 4.62. The molecule has 21 heavy (non-hydrogen) atoms. The molecule has 0 aromatic heterocycles. The van der Waals surface area contributed by atoms with Gasteiger partial charge in [-0.25, -0.2) is 0 Å². The van der Waals surface area contributed by atoms with Crippen LogP contribution in [-0.2, 0) is 9.59 Å². The number of carbonyl (C=O) groups excluding carboxylic acids is 1. The number of rotatable bonds is 3. The number of halogens is 3. The van der Waals surface area contributed by atoms with E-state index in [1.54, 1.807) is 0 Å². The van der Waals surface area contributed by atoms with Crippen molar-refractivity contribution in [3.05, 3.63) is 0 Å². The zero-order valence-electron chi connectivity index (χ0n) is 12.3. The Hall–Kier alpha value is -1.31. The van der Waals surface area contributed by atoms with Gasteiger partial charge in [0.1, 0.15) is 0 Å². The number of nitrogens with zero attached hydrogens (tertiary/aromatic N) is 1. The van der Waals surface area contributed by atoms with Gasteiger partial charge in [-0.2, -0.15) is 13.2 Å². The number of hydrogen-bond acceptors (Lipinski definition) is 3. The Balaban J connectivity index is 2.82. The zero-order chi connectivity index (χ0) is 16.6. The molecule has 1 aliphatic heterocycles. The zero-order valence-corrected chi connectivity index (χ0v) is 12.3. The fraction of sp³-hybridized carbons (Fsp3) is 0.846. The van der Waals surface area contributed by atoms with Crippen LogP contribution in [0.25, 0.3) is 0 Å². The van der Waals surface area contributed by atoms with Crippen LogP contribution < -0.4 is 5.73 Å². The van der Waals surface area contributed by atoms with Gasteiger partial charge >= 0.3 is 12.1 Å².